The summed E-state index contributed by atoms with van der Waals surface area (Å²) in [6.07, 6.45) is 1.28. The number of hydrogen-bond acceptors (Lipinski definition) is 5. The van der Waals surface area contributed by atoms with Gasteiger partial charge in [0.05, 0.1) is 0 Å². The lowest BCUT2D eigenvalue weighted by Gasteiger charge is -2.30. The molecular weight excluding hydrogens is 306 g/mol. The van der Waals surface area contributed by atoms with Crippen LogP contribution in [0.4, 0.5) is 0 Å². The van der Waals surface area contributed by atoms with Gasteiger partial charge in [0, 0.05) is 35.3 Å². The Kier molecular flexibility index (Phi) is 4.03. The number of piperidine rings is 1. The van der Waals surface area contributed by atoms with E-state index < -0.39 is 0 Å². The van der Waals surface area contributed by atoms with E-state index in [0.29, 0.717) is 31.6 Å². The van der Waals surface area contributed by atoms with Gasteiger partial charge in [-0.25, -0.2) is 4.98 Å². The largest absolute Gasteiger partial charge is 0.369 e. The highest BCUT2D eigenvalue weighted by Gasteiger charge is 2.27. The highest BCUT2D eigenvalue weighted by atomic mass is 32.1. The maximum atomic E-state index is 12.4. The molecule has 1 aliphatic rings. The number of nitrogens with two attached hydrogens (primary N) is 1. The fourth-order valence-corrected chi connectivity index (χ4v) is 3.93. The first-order valence-corrected chi connectivity index (χ1v) is 8.54. The monoisotopic (exact) mass is 321 g/mol. The molecule has 2 N–H and O–H groups in total. The van der Waals surface area contributed by atoms with Crippen molar-refractivity contribution < 1.29 is 9.59 Å². The number of thiazole rings is 1. The number of primary amides is 1. The minimum absolute atomic E-state index is 0.0596. The van der Waals surface area contributed by atoms with E-state index >= 15 is 0 Å². The van der Waals surface area contributed by atoms with Crippen molar-refractivity contribution in [2.24, 2.45) is 11.7 Å². The lowest BCUT2D eigenvalue weighted by Crippen LogP contribution is -2.41. The highest BCUT2D eigenvalue weighted by Crippen LogP contribution is 2.27. The summed E-state index contributed by atoms with van der Waals surface area (Å²) in [5.74, 6) is -0.433. The van der Waals surface area contributed by atoms with E-state index in [1.165, 1.54) is 11.3 Å². The summed E-state index contributed by atoms with van der Waals surface area (Å²) < 4.78 is 0. The van der Waals surface area contributed by atoms with Crippen molar-refractivity contribution in [3.05, 3.63) is 27.9 Å². The molecule has 2 aromatic heterocycles. The van der Waals surface area contributed by atoms with Crippen LogP contribution in [-0.4, -0.2) is 34.8 Å². The third kappa shape index (κ3) is 2.98. The van der Waals surface area contributed by atoms with Gasteiger partial charge in [0.2, 0.25) is 5.91 Å². The summed E-state index contributed by atoms with van der Waals surface area (Å²) in [5.41, 5.74) is 6.84. The lowest BCUT2D eigenvalue weighted by molar-refractivity contribution is -0.123. The van der Waals surface area contributed by atoms with Crippen molar-refractivity contribution in [1.82, 2.24) is 9.88 Å². The number of likely N-dealkylation sites (tertiary alicyclic amines) is 1. The molecule has 0 atom stereocenters. The van der Waals surface area contributed by atoms with Crippen molar-refractivity contribution in [3.63, 3.8) is 0 Å². The number of thiophene rings is 1. The molecular formula is C14H15N3O2S2. The molecule has 0 bridgehead atoms. The molecule has 0 aliphatic carbocycles. The van der Waals surface area contributed by atoms with Gasteiger partial charge >= 0.3 is 0 Å². The Bertz CT molecular complexity index is 643. The van der Waals surface area contributed by atoms with Crippen molar-refractivity contribution in [1.29, 1.82) is 0 Å². The summed E-state index contributed by atoms with van der Waals surface area (Å²) in [6, 6.07) is 2.00. The summed E-state index contributed by atoms with van der Waals surface area (Å²) in [6.45, 7) is 1.13. The molecule has 1 aliphatic heterocycles. The smallest absolute Gasteiger partial charge is 0.273 e. The maximum Gasteiger partial charge on any atom is 0.273 e. The molecule has 0 unspecified atom stereocenters. The van der Waals surface area contributed by atoms with Gasteiger partial charge in [0.15, 0.2) is 0 Å². The third-order valence-electron chi connectivity index (χ3n) is 3.68. The Hall–Kier alpha value is -1.73. The zero-order valence-corrected chi connectivity index (χ0v) is 13.0. The van der Waals surface area contributed by atoms with Crippen LogP contribution in [0.5, 0.6) is 0 Å². The van der Waals surface area contributed by atoms with Crippen LogP contribution >= 0.6 is 22.7 Å². The molecule has 0 radical (unpaired) electrons. The van der Waals surface area contributed by atoms with Crippen LogP contribution in [0.15, 0.2) is 22.2 Å². The van der Waals surface area contributed by atoms with Gasteiger partial charge in [-0.15, -0.1) is 11.3 Å². The molecule has 0 saturated carbocycles. The standard InChI is InChI=1S/C14H15N3O2S2/c15-12(18)9-1-4-17(5-2-9)14(19)11-8-21-13(16-11)10-3-6-20-7-10/h3,6-9H,1-2,4-5H2,(H2,15,18). The molecule has 5 nitrogen and oxygen atoms in total. The Morgan fingerprint density at radius 1 is 1.29 bits per heavy atom. The minimum Gasteiger partial charge on any atom is -0.369 e. The van der Waals surface area contributed by atoms with Gasteiger partial charge in [0.1, 0.15) is 10.7 Å². The molecule has 3 heterocycles. The zero-order chi connectivity index (χ0) is 14.8. The summed E-state index contributed by atoms with van der Waals surface area (Å²) in [4.78, 5) is 29.7. The molecule has 7 heteroatoms. The summed E-state index contributed by atoms with van der Waals surface area (Å²) in [7, 11) is 0. The Labute approximate surface area is 130 Å². The first-order chi connectivity index (χ1) is 10.1. The molecule has 2 amide bonds. The molecule has 2 aromatic rings. The molecule has 21 heavy (non-hydrogen) atoms. The minimum atomic E-state index is -0.268. The number of aromatic nitrogens is 1. The number of nitrogens with zero attached hydrogens (tertiary/aromatic N) is 2. The fraction of sp³-hybridized carbons (Fsp3) is 0.357. The zero-order valence-electron chi connectivity index (χ0n) is 11.3. The van der Waals surface area contributed by atoms with Crippen LogP contribution in [0.25, 0.3) is 10.6 Å². The van der Waals surface area contributed by atoms with Crippen molar-refractivity contribution in [2.45, 2.75) is 12.8 Å². The maximum absolute atomic E-state index is 12.4. The van der Waals surface area contributed by atoms with Crippen LogP contribution in [0.2, 0.25) is 0 Å². The SMILES string of the molecule is NC(=O)C1CCN(C(=O)c2csc(-c3ccsc3)n2)CC1. The van der Waals surface area contributed by atoms with Gasteiger partial charge < -0.3 is 10.6 Å². The van der Waals surface area contributed by atoms with Crippen LogP contribution < -0.4 is 5.73 Å². The normalized spacial score (nSPS) is 16.1. The van der Waals surface area contributed by atoms with E-state index in [1.807, 2.05) is 16.8 Å². The van der Waals surface area contributed by atoms with E-state index in [2.05, 4.69) is 4.98 Å². The number of hydrogen-bond donors (Lipinski definition) is 1. The molecule has 3 rings (SSSR count). The first-order valence-electron chi connectivity index (χ1n) is 6.72. The van der Waals surface area contributed by atoms with Crippen LogP contribution in [0.1, 0.15) is 23.3 Å². The predicted octanol–water partition coefficient (Wildman–Crippen LogP) is 2.21. The van der Waals surface area contributed by atoms with Crippen LogP contribution in [0, 0.1) is 5.92 Å². The van der Waals surface area contributed by atoms with Gasteiger partial charge in [-0.05, 0) is 24.3 Å². The topological polar surface area (TPSA) is 76.3 Å². The van der Waals surface area contributed by atoms with Gasteiger partial charge in [-0.3, -0.25) is 9.59 Å². The molecule has 0 aromatic carbocycles. The Morgan fingerprint density at radius 2 is 2.05 bits per heavy atom. The lowest BCUT2D eigenvalue weighted by atomic mass is 9.96. The average molecular weight is 321 g/mol. The van der Waals surface area contributed by atoms with Crippen molar-refractivity contribution in [3.8, 4) is 10.6 Å². The average Bonchev–Trinajstić information content (AvgIpc) is 3.17. The van der Waals surface area contributed by atoms with Gasteiger partial charge in [-0.1, -0.05) is 0 Å². The number of carbonyl (C=O) groups is 2. The van der Waals surface area contributed by atoms with E-state index in [0.717, 1.165) is 10.6 Å². The fourth-order valence-electron chi connectivity index (χ4n) is 2.42. The second-order valence-corrected chi connectivity index (χ2v) is 6.66. The van der Waals surface area contributed by atoms with Crippen molar-refractivity contribution >= 4 is 34.5 Å². The highest BCUT2D eigenvalue weighted by molar-refractivity contribution is 7.14. The first kappa shape index (κ1) is 14.2. The van der Waals surface area contributed by atoms with Gasteiger partial charge in [0.25, 0.3) is 5.91 Å². The quantitative estimate of drug-likeness (QED) is 0.941. The van der Waals surface area contributed by atoms with Crippen LogP contribution in [-0.2, 0) is 4.79 Å². The molecule has 1 saturated heterocycles. The van der Waals surface area contributed by atoms with Gasteiger partial charge in [-0.2, -0.15) is 11.3 Å². The third-order valence-corrected chi connectivity index (χ3v) is 5.25. The van der Waals surface area contributed by atoms with Crippen LogP contribution in [0.3, 0.4) is 0 Å². The van der Waals surface area contributed by atoms with E-state index in [1.54, 1.807) is 21.6 Å². The Balaban J connectivity index is 1.68. The molecule has 110 valence electrons. The number of amides is 2. The molecule has 1 fully saturated rings. The van der Waals surface area contributed by atoms with E-state index in [4.69, 9.17) is 5.73 Å². The second kappa shape index (κ2) is 5.95. The predicted molar refractivity (Wildman–Crippen MR) is 83.2 cm³/mol. The Morgan fingerprint density at radius 3 is 2.67 bits per heavy atom. The number of rotatable bonds is 3. The summed E-state index contributed by atoms with van der Waals surface area (Å²) >= 11 is 3.09. The van der Waals surface area contributed by atoms with Crippen molar-refractivity contribution in [2.75, 3.05) is 13.1 Å². The molecule has 0 spiro atoms. The van der Waals surface area contributed by atoms with E-state index in [-0.39, 0.29) is 17.7 Å². The summed E-state index contributed by atoms with van der Waals surface area (Å²) in [5, 5.41) is 6.68. The second-order valence-electron chi connectivity index (χ2n) is 5.02. The van der Waals surface area contributed by atoms with E-state index in [9.17, 15) is 9.59 Å². The number of carbonyl (C=O) groups excluding carboxylic acids is 2.